The van der Waals surface area contributed by atoms with Crippen molar-refractivity contribution in [2.45, 2.75) is 6.92 Å². The smallest absolute Gasteiger partial charge is 0.257 e. The van der Waals surface area contributed by atoms with Crippen molar-refractivity contribution in [1.29, 1.82) is 0 Å². The molecule has 0 spiro atoms. The Balaban J connectivity index is 2.17. The number of carbonyl (C=O) groups is 1. The van der Waals surface area contributed by atoms with Gasteiger partial charge in [0, 0.05) is 19.4 Å². The summed E-state index contributed by atoms with van der Waals surface area (Å²) in [5, 5.41) is 6.90. The Morgan fingerprint density at radius 3 is 2.76 bits per heavy atom. The standard InChI is InChI=1S/C11H13N5O/c1-7-9(6-16(2)15-7)14-11(17)8-3-4-10(12)13-5-8/h3-6H,1-2H3,(H2,12,13)(H,14,17). The molecular weight excluding hydrogens is 218 g/mol. The Kier molecular flexibility index (Phi) is 2.78. The first kappa shape index (κ1) is 11.1. The first-order chi connectivity index (χ1) is 8.06. The monoisotopic (exact) mass is 231 g/mol. The Morgan fingerprint density at radius 2 is 2.24 bits per heavy atom. The lowest BCUT2D eigenvalue weighted by Crippen LogP contribution is -2.12. The third-order valence-electron chi connectivity index (χ3n) is 2.31. The molecule has 2 rings (SSSR count). The summed E-state index contributed by atoms with van der Waals surface area (Å²) in [4.78, 5) is 15.7. The van der Waals surface area contributed by atoms with Crippen LogP contribution in [0.25, 0.3) is 0 Å². The Bertz CT molecular complexity index is 543. The second-order valence-electron chi connectivity index (χ2n) is 3.73. The van der Waals surface area contributed by atoms with Crippen LogP contribution in [0.4, 0.5) is 11.5 Å². The van der Waals surface area contributed by atoms with E-state index in [1.807, 2.05) is 6.92 Å². The molecule has 0 aliphatic rings. The fraction of sp³-hybridized carbons (Fsp3) is 0.182. The molecule has 0 aliphatic heterocycles. The summed E-state index contributed by atoms with van der Waals surface area (Å²) in [5.41, 5.74) is 7.37. The number of nitrogens with two attached hydrogens (primary N) is 1. The summed E-state index contributed by atoms with van der Waals surface area (Å²) < 4.78 is 1.65. The van der Waals surface area contributed by atoms with Crippen molar-refractivity contribution in [1.82, 2.24) is 14.8 Å². The summed E-state index contributed by atoms with van der Waals surface area (Å²) in [7, 11) is 1.80. The van der Waals surface area contributed by atoms with E-state index >= 15 is 0 Å². The Labute approximate surface area is 98.5 Å². The minimum Gasteiger partial charge on any atom is -0.384 e. The summed E-state index contributed by atoms with van der Waals surface area (Å²) in [5.74, 6) is 0.160. The summed E-state index contributed by atoms with van der Waals surface area (Å²) >= 11 is 0. The number of aryl methyl sites for hydroxylation is 2. The molecule has 17 heavy (non-hydrogen) atoms. The van der Waals surface area contributed by atoms with E-state index in [1.165, 1.54) is 6.20 Å². The molecule has 2 heterocycles. The molecule has 88 valence electrons. The van der Waals surface area contributed by atoms with E-state index in [-0.39, 0.29) is 5.91 Å². The van der Waals surface area contributed by atoms with E-state index in [4.69, 9.17) is 5.73 Å². The van der Waals surface area contributed by atoms with Gasteiger partial charge in [-0.3, -0.25) is 9.48 Å². The third-order valence-corrected chi connectivity index (χ3v) is 2.31. The summed E-state index contributed by atoms with van der Waals surface area (Å²) in [6.45, 7) is 1.83. The predicted molar refractivity (Wildman–Crippen MR) is 64.5 cm³/mol. The van der Waals surface area contributed by atoms with Crippen LogP contribution in [-0.4, -0.2) is 20.7 Å². The second kappa shape index (κ2) is 4.25. The first-order valence-corrected chi connectivity index (χ1v) is 5.09. The fourth-order valence-corrected chi connectivity index (χ4v) is 1.46. The minimum absolute atomic E-state index is 0.228. The highest BCUT2D eigenvalue weighted by molar-refractivity contribution is 6.04. The lowest BCUT2D eigenvalue weighted by molar-refractivity contribution is 0.102. The van der Waals surface area contributed by atoms with Crippen molar-refractivity contribution in [3.63, 3.8) is 0 Å². The molecule has 2 aromatic rings. The van der Waals surface area contributed by atoms with Gasteiger partial charge >= 0.3 is 0 Å². The van der Waals surface area contributed by atoms with Crippen LogP contribution in [0.3, 0.4) is 0 Å². The number of nitrogen functional groups attached to an aromatic ring is 1. The van der Waals surface area contributed by atoms with Gasteiger partial charge in [-0.15, -0.1) is 0 Å². The van der Waals surface area contributed by atoms with E-state index < -0.39 is 0 Å². The fourth-order valence-electron chi connectivity index (χ4n) is 1.46. The van der Waals surface area contributed by atoms with E-state index in [2.05, 4.69) is 15.4 Å². The molecule has 3 N–H and O–H groups in total. The molecule has 0 unspecified atom stereocenters. The highest BCUT2D eigenvalue weighted by Crippen LogP contribution is 2.13. The normalized spacial score (nSPS) is 10.2. The van der Waals surface area contributed by atoms with Gasteiger partial charge in [0.1, 0.15) is 5.82 Å². The van der Waals surface area contributed by atoms with Crippen LogP contribution < -0.4 is 11.1 Å². The largest absolute Gasteiger partial charge is 0.384 e. The van der Waals surface area contributed by atoms with Gasteiger partial charge in [0.25, 0.3) is 5.91 Å². The number of carbonyl (C=O) groups excluding carboxylic acids is 1. The van der Waals surface area contributed by atoms with Crippen molar-refractivity contribution in [2.75, 3.05) is 11.1 Å². The van der Waals surface area contributed by atoms with Gasteiger partial charge in [-0.25, -0.2) is 4.98 Å². The lowest BCUT2D eigenvalue weighted by Gasteiger charge is -2.03. The van der Waals surface area contributed by atoms with Crippen LogP contribution in [0.15, 0.2) is 24.5 Å². The Morgan fingerprint density at radius 1 is 1.47 bits per heavy atom. The number of hydrogen-bond donors (Lipinski definition) is 2. The van der Waals surface area contributed by atoms with Gasteiger partial charge in [0.15, 0.2) is 0 Å². The van der Waals surface area contributed by atoms with Crippen molar-refractivity contribution < 1.29 is 4.79 Å². The predicted octanol–water partition coefficient (Wildman–Crippen LogP) is 0.958. The average Bonchev–Trinajstić information content (AvgIpc) is 2.58. The topological polar surface area (TPSA) is 85.8 Å². The maximum Gasteiger partial charge on any atom is 0.257 e. The SMILES string of the molecule is Cc1nn(C)cc1NC(=O)c1ccc(N)nc1. The number of hydrogen-bond acceptors (Lipinski definition) is 4. The van der Waals surface area contributed by atoms with Gasteiger partial charge in [-0.05, 0) is 19.1 Å². The van der Waals surface area contributed by atoms with Crippen molar-refractivity contribution in [3.05, 3.63) is 35.8 Å². The summed E-state index contributed by atoms with van der Waals surface area (Å²) in [6, 6.07) is 3.22. The van der Waals surface area contributed by atoms with Crippen LogP contribution in [0, 0.1) is 6.92 Å². The average molecular weight is 231 g/mol. The van der Waals surface area contributed by atoms with Crippen molar-refractivity contribution >= 4 is 17.4 Å². The molecular formula is C11H13N5O. The van der Waals surface area contributed by atoms with E-state index in [9.17, 15) is 4.79 Å². The number of amides is 1. The number of pyridine rings is 1. The molecule has 0 aliphatic carbocycles. The number of nitrogens with zero attached hydrogens (tertiary/aromatic N) is 3. The second-order valence-corrected chi connectivity index (χ2v) is 3.73. The van der Waals surface area contributed by atoms with Crippen LogP contribution in [0.1, 0.15) is 16.1 Å². The molecule has 0 radical (unpaired) electrons. The van der Waals surface area contributed by atoms with Crippen LogP contribution in [0.5, 0.6) is 0 Å². The molecule has 2 aromatic heterocycles. The third kappa shape index (κ3) is 2.41. The number of nitrogens with one attached hydrogen (secondary N) is 1. The number of anilines is 2. The summed E-state index contributed by atoms with van der Waals surface area (Å²) in [6.07, 6.45) is 3.19. The molecule has 0 saturated carbocycles. The lowest BCUT2D eigenvalue weighted by atomic mass is 10.2. The van der Waals surface area contributed by atoms with Crippen molar-refractivity contribution in [2.24, 2.45) is 7.05 Å². The first-order valence-electron chi connectivity index (χ1n) is 5.09. The van der Waals surface area contributed by atoms with E-state index in [0.29, 0.717) is 17.1 Å². The maximum atomic E-state index is 11.9. The molecule has 0 aromatic carbocycles. The van der Waals surface area contributed by atoms with Gasteiger partial charge in [-0.2, -0.15) is 5.10 Å². The zero-order chi connectivity index (χ0) is 12.4. The zero-order valence-corrected chi connectivity index (χ0v) is 9.64. The Hall–Kier alpha value is -2.37. The van der Waals surface area contributed by atoms with Crippen LogP contribution in [0.2, 0.25) is 0 Å². The van der Waals surface area contributed by atoms with E-state index in [0.717, 1.165) is 5.69 Å². The van der Waals surface area contributed by atoms with E-state index in [1.54, 1.807) is 30.1 Å². The molecule has 0 atom stereocenters. The van der Waals surface area contributed by atoms with Crippen LogP contribution in [-0.2, 0) is 7.05 Å². The van der Waals surface area contributed by atoms with Gasteiger partial charge in [-0.1, -0.05) is 0 Å². The van der Waals surface area contributed by atoms with Gasteiger partial charge in [0.2, 0.25) is 0 Å². The molecule has 6 heteroatoms. The zero-order valence-electron chi connectivity index (χ0n) is 9.64. The van der Waals surface area contributed by atoms with Gasteiger partial charge in [0.05, 0.1) is 16.9 Å². The minimum atomic E-state index is -0.228. The molecule has 1 amide bonds. The van der Waals surface area contributed by atoms with Crippen LogP contribution >= 0.6 is 0 Å². The highest BCUT2D eigenvalue weighted by atomic mass is 16.1. The maximum absolute atomic E-state index is 11.9. The number of aromatic nitrogens is 3. The molecule has 0 bridgehead atoms. The van der Waals surface area contributed by atoms with Gasteiger partial charge < -0.3 is 11.1 Å². The molecule has 0 fully saturated rings. The quantitative estimate of drug-likeness (QED) is 0.806. The molecule has 6 nitrogen and oxygen atoms in total. The molecule has 0 saturated heterocycles. The van der Waals surface area contributed by atoms with Crippen molar-refractivity contribution in [3.8, 4) is 0 Å². The highest BCUT2D eigenvalue weighted by Gasteiger charge is 2.09. The number of rotatable bonds is 2.